The van der Waals surface area contributed by atoms with Crippen molar-refractivity contribution in [3.05, 3.63) is 22.7 Å². The number of piperidine rings is 1. The smallest absolute Gasteiger partial charge is 0.342 e. The Bertz CT molecular complexity index is 606. The normalized spacial score (nSPS) is 17.7. The maximum atomic E-state index is 12.2. The van der Waals surface area contributed by atoms with E-state index in [1.54, 1.807) is 4.90 Å². The number of carbonyl (C=O) groups is 2. The number of esters is 1. The van der Waals surface area contributed by atoms with Crippen molar-refractivity contribution in [1.82, 2.24) is 4.90 Å². The van der Waals surface area contributed by atoms with E-state index in [2.05, 4.69) is 6.92 Å². The standard InChI is InChI=1S/C16H21ClN2O4/c1-10-4-3-5-19(8-10)15(20)9-23-16(21)11-6-12(17)13(18)7-14(11)22-2/h6-7,10H,3-5,8-9,18H2,1-2H3/t10-/m1/s1. The van der Waals surface area contributed by atoms with E-state index in [4.69, 9.17) is 26.8 Å². The lowest BCUT2D eigenvalue weighted by Crippen LogP contribution is -2.41. The molecular formula is C16H21ClN2O4. The first-order valence-corrected chi connectivity index (χ1v) is 7.88. The molecule has 0 spiro atoms. The van der Waals surface area contributed by atoms with Crippen LogP contribution in [0.4, 0.5) is 5.69 Å². The van der Waals surface area contributed by atoms with Gasteiger partial charge in [0.25, 0.3) is 5.91 Å². The summed E-state index contributed by atoms with van der Waals surface area (Å²) in [5.74, 6) is -0.122. The summed E-state index contributed by atoms with van der Waals surface area (Å²) in [7, 11) is 1.42. The zero-order valence-corrected chi connectivity index (χ0v) is 14.1. The summed E-state index contributed by atoms with van der Waals surface area (Å²) in [6, 6.07) is 2.83. The van der Waals surface area contributed by atoms with E-state index in [1.165, 1.54) is 19.2 Å². The average Bonchev–Trinajstić information content (AvgIpc) is 2.54. The van der Waals surface area contributed by atoms with Crippen LogP contribution in [0.25, 0.3) is 0 Å². The number of nitrogens with two attached hydrogens (primary N) is 1. The van der Waals surface area contributed by atoms with Gasteiger partial charge in [-0.15, -0.1) is 0 Å². The minimum atomic E-state index is -0.665. The highest BCUT2D eigenvalue weighted by molar-refractivity contribution is 6.33. The number of hydrogen-bond acceptors (Lipinski definition) is 5. The molecular weight excluding hydrogens is 320 g/mol. The Hall–Kier alpha value is -1.95. The Labute approximate surface area is 140 Å². The van der Waals surface area contributed by atoms with E-state index in [1.807, 2.05) is 0 Å². The van der Waals surface area contributed by atoms with Gasteiger partial charge in [0.15, 0.2) is 6.61 Å². The molecule has 1 aromatic rings. The number of likely N-dealkylation sites (tertiary alicyclic amines) is 1. The van der Waals surface area contributed by atoms with E-state index in [-0.39, 0.29) is 28.8 Å². The number of nitrogen functional groups attached to an aromatic ring is 1. The number of ether oxygens (including phenoxy) is 2. The topological polar surface area (TPSA) is 81.9 Å². The van der Waals surface area contributed by atoms with Crippen LogP contribution >= 0.6 is 11.6 Å². The van der Waals surface area contributed by atoms with E-state index >= 15 is 0 Å². The molecule has 7 heteroatoms. The molecule has 23 heavy (non-hydrogen) atoms. The van der Waals surface area contributed by atoms with Crippen molar-refractivity contribution in [2.45, 2.75) is 19.8 Å². The average molecular weight is 341 g/mol. The third-order valence-electron chi connectivity index (χ3n) is 3.88. The van der Waals surface area contributed by atoms with Crippen LogP contribution in [0.3, 0.4) is 0 Å². The minimum Gasteiger partial charge on any atom is -0.496 e. The van der Waals surface area contributed by atoms with E-state index < -0.39 is 5.97 Å². The lowest BCUT2D eigenvalue weighted by Gasteiger charge is -2.30. The zero-order valence-electron chi connectivity index (χ0n) is 13.3. The predicted molar refractivity (Wildman–Crippen MR) is 87.7 cm³/mol. The summed E-state index contributed by atoms with van der Waals surface area (Å²) in [6.45, 7) is 3.22. The van der Waals surface area contributed by atoms with Gasteiger partial charge in [-0.05, 0) is 24.8 Å². The highest BCUT2D eigenvalue weighted by atomic mass is 35.5. The number of halogens is 1. The van der Waals surface area contributed by atoms with Gasteiger partial charge in [-0.3, -0.25) is 4.79 Å². The largest absolute Gasteiger partial charge is 0.496 e. The molecule has 1 atom stereocenters. The molecule has 1 saturated heterocycles. The van der Waals surface area contributed by atoms with Crippen LogP contribution in [-0.4, -0.2) is 43.6 Å². The fourth-order valence-corrected chi connectivity index (χ4v) is 2.77. The number of carbonyl (C=O) groups excluding carboxylic acids is 2. The number of methoxy groups -OCH3 is 1. The molecule has 0 unspecified atom stereocenters. The van der Waals surface area contributed by atoms with Gasteiger partial charge in [0.2, 0.25) is 0 Å². The van der Waals surface area contributed by atoms with Crippen LogP contribution in [0.2, 0.25) is 5.02 Å². The van der Waals surface area contributed by atoms with Crippen molar-refractivity contribution in [3.8, 4) is 5.75 Å². The second-order valence-electron chi connectivity index (χ2n) is 5.74. The summed E-state index contributed by atoms with van der Waals surface area (Å²) >= 11 is 5.92. The molecule has 126 valence electrons. The first-order valence-electron chi connectivity index (χ1n) is 7.50. The van der Waals surface area contributed by atoms with Crippen LogP contribution in [-0.2, 0) is 9.53 Å². The molecule has 1 fully saturated rings. The molecule has 2 rings (SSSR count). The Kier molecular flexibility index (Phi) is 5.71. The lowest BCUT2D eigenvalue weighted by molar-refractivity contribution is -0.136. The number of hydrogen-bond donors (Lipinski definition) is 1. The maximum absolute atomic E-state index is 12.2. The molecule has 1 amide bonds. The molecule has 6 nitrogen and oxygen atoms in total. The molecule has 2 N–H and O–H groups in total. The van der Waals surface area contributed by atoms with Crippen molar-refractivity contribution in [2.24, 2.45) is 5.92 Å². The summed E-state index contributed by atoms with van der Waals surface area (Å²) in [4.78, 5) is 26.0. The Morgan fingerprint density at radius 1 is 1.43 bits per heavy atom. The number of benzene rings is 1. The Balaban J connectivity index is 1.99. The summed E-state index contributed by atoms with van der Waals surface area (Å²) in [6.07, 6.45) is 2.09. The van der Waals surface area contributed by atoms with Gasteiger partial charge in [-0.2, -0.15) is 0 Å². The molecule has 0 saturated carbocycles. The van der Waals surface area contributed by atoms with Crippen LogP contribution in [0.1, 0.15) is 30.1 Å². The van der Waals surface area contributed by atoms with Crippen molar-refractivity contribution in [3.63, 3.8) is 0 Å². The van der Waals surface area contributed by atoms with E-state index in [0.717, 1.165) is 12.8 Å². The Morgan fingerprint density at radius 2 is 2.17 bits per heavy atom. The predicted octanol–water partition coefficient (Wildman–Crippen LogP) is 2.35. The molecule has 1 heterocycles. The number of amides is 1. The zero-order chi connectivity index (χ0) is 17.0. The van der Waals surface area contributed by atoms with Crippen LogP contribution in [0.15, 0.2) is 12.1 Å². The third kappa shape index (κ3) is 4.28. The molecule has 0 bridgehead atoms. The fourth-order valence-electron chi connectivity index (χ4n) is 2.61. The first-order chi connectivity index (χ1) is 10.9. The van der Waals surface area contributed by atoms with Crippen LogP contribution in [0.5, 0.6) is 5.75 Å². The fraction of sp³-hybridized carbons (Fsp3) is 0.500. The highest BCUT2D eigenvalue weighted by Crippen LogP contribution is 2.29. The van der Waals surface area contributed by atoms with Crippen molar-refractivity contribution in [1.29, 1.82) is 0 Å². The van der Waals surface area contributed by atoms with Crippen LogP contribution < -0.4 is 10.5 Å². The van der Waals surface area contributed by atoms with Crippen LogP contribution in [0, 0.1) is 5.92 Å². The third-order valence-corrected chi connectivity index (χ3v) is 4.20. The van der Waals surface area contributed by atoms with Gasteiger partial charge in [0.05, 0.1) is 17.8 Å². The van der Waals surface area contributed by atoms with Gasteiger partial charge in [0, 0.05) is 19.2 Å². The van der Waals surface area contributed by atoms with Crippen molar-refractivity contribution in [2.75, 3.05) is 32.5 Å². The van der Waals surface area contributed by atoms with E-state index in [9.17, 15) is 9.59 Å². The van der Waals surface area contributed by atoms with Gasteiger partial charge in [-0.1, -0.05) is 18.5 Å². The van der Waals surface area contributed by atoms with Gasteiger partial charge < -0.3 is 20.1 Å². The molecule has 0 aliphatic carbocycles. The summed E-state index contributed by atoms with van der Waals surface area (Å²) in [5.41, 5.74) is 6.12. The van der Waals surface area contributed by atoms with Crippen molar-refractivity contribution >= 4 is 29.2 Å². The van der Waals surface area contributed by atoms with Gasteiger partial charge in [0.1, 0.15) is 11.3 Å². The highest BCUT2D eigenvalue weighted by Gasteiger charge is 2.23. The number of rotatable bonds is 4. The second kappa shape index (κ2) is 7.55. The van der Waals surface area contributed by atoms with E-state index in [0.29, 0.717) is 24.7 Å². The number of nitrogens with zero attached hydrogens (tertiary/aromatic N) is 1. The second-order valence-corrected chi connectivity index (χ2v) is 6.14. The summed E-state index contributed by atoms with van der Waals surface area (Å²) in [5, 5.41) is 0.230. The van der Waals surface area contributed by atoms with Gasteiger partial charge >= 0.3 is 5.97 Å². The molecule has 1 aliphatic heterocycles. The lowest BCUT2D eigenvalue weighted by atomic mass is 10.0. The minimum absolute atomic E-state index is 0.145. The monoisotopic (exact) mass is 340 g/mol. The van der Waals surface area contributed by atoms with Crippen molar-refractivity contribution < 1.29 is 19.1 Å². The maximum Gasteiger partial charge on any atom is 0.342 e. The molecule has 1 aromatic carbocycles. The van der Waals surface area contributed by atoms with Gasteiger partial charge in [-0.25, -0.2) is 4.79 Å². The number of anilines is 1. The summed E-state index contributed by atoms with van der Waals surface area (Å²) < 4.78 is 10.2. The molecule has 0 radical (unpaired) electrons. The molecule has 1 aliphatic rings. The SMILES string of the molecule is COc1cc(N)c(Cl)cc1C(=O)OCC(=O)N1CCC[C@@H](C)C1. The molecule has 0 aromatic heterocycles. The Morgan fingerprint density at radius 3 is 2.83 bits per heavy atom. The quantitative estimate of drug-likeness (QED) is 0.672. The first kappa shape index (κ1) is 17.4.